The summed E-state index contributed by atoms with van der Waals surface area (Å²) in [6.07, 6.45) is 0. The zero-order chi connectivity index (χ0) is 19.0. The smallest absolute Gasteiger partial charge is 0.324 e. The van der Waals surface area contributed by atoms with Crippen molar-refractivity contribution >= 4 is 46.2 Å². The first kappa shape index (κ1) is 18.7. The zero-order valence-corrected chi connectivity index (χ0v) is 16.2. The highest BCUT2D eigenvalue weighted by Gasteiger charge is 2.31. The third kappa shape index (κ3) is 3.43. The van der Waals surface area contributed by atoms with E-state index >= 15 is 0 Å². The zero-order valence-electron chi connectivity index (χ0n) is 14.7. The van der Waals surface area contributed by atoms with Gasteiger partial charge in [0.05, 0.1) is 16.2 Å². The predicted molar refractivity (Wildman–Crippen MR) is 102 cm³/mol. The van der Waals surface area contributed by atoms with Crippen molar-refractivity contribution in [1.29, 1.82) is 0 Å². The molecule has 1 aromatic carbocycles. The van der Waals surface area contributed by atoms with Crippen LogP contribution in [0.3, 0.4) is 0 Å². The Morgan fingerprint density at radius 1 is 1.31 bits per heavy atom. The fraction of sp³-hybridized carbons (Fsp3) is 0.412. The standard InChI is InChI=1S/C17H19ClN4O3S/c1-9(2)22-15(24)12-5-4-11(18)8-13(12)20-17(22)26-10(3)14(23)21-7-6-19-16(21)25/h4-5,8-10H,6-7H2,1-3H3,(H,19,25)/t10-/m0/s1. The molecule has 0 unspecified atom stereocenters. The van der Waals surface area contributed by atoms with Crippen LogP contribution < -0.4 is 10.9 Å². The molecule has 0 aliphatic carbocycles. The number of carbonyl (C=O) groups is 2. The van der Waals surface area contributed by atoms with Crippen LogP contribution in [0.25, 0.3) is 10.9 Å². The molecule has 9 heteroatoms. The van der Waals surface area contributed by atoms with Gasteiger partial charge in [-0.15, -0.1) is 0 Å². The number of aromatic nitrogens is 2. The summed E-state index contributed by atoms with van der Waals surface area (Å²) in [5.74, 6) is -0.305. The summed E-state index contributed by atoms with van der Waals surface area (Å²) in [4.78, 5) is 42.9. The van der Waals surface area contributed by atoms with Crippen molar-refractivity contribution in [1.82, 2.24) is 19.8 Å². The summed E-state index contributed by atoms with van der Waals surface area (Å²) in [6, 6.07) is 4.43. The molecule has 0 saturated carbocycles. The Bertz CT molecular complexity index is 943. The van der Waals surface area contributed by atoms with Gasteiger partial charge in [0.2, 0.25) is 5.91 Å². The number of nitrogens with zero attached hydrogens (tertiary/aromatic N) is 3. The second kappa shape index (κ2) is 7.28. The number of rotatable bonds is 4. The van der Waals surface area contributed by atoms with Gasteiger partial charge in [0.1, 0.15) is 0 Å². The number of imide groups is 1. The summed E-state index contributed by atoms with van der Waals surface area (Å²) >= 11 is 7.19. The number of nitrogens with one attached hydrogen (secondary N) is 1. The van der Waals surface area contributed by atoms with Crippen LogP contribution in [-0.2, 0) is 4.79 Å². The van der Waals surface area contributed by atoms with Gasteiger partial charge < -0.3 is 5.32 Å². The van der Waals surface area contributed by atoms with Crippen molar-refractivity contribution in [2.45, 2.75) is 37.2 Å². The molecule has 1 aliphatic heterocycles. The summed E-state index contributed by atoms with van der Waals surface area (Å²) in [5.41, 5.74) is 0.309. The van der Waals surface area contributed by atoms with Gasteiger partial charge in [-0.2, -0.15) is 0 Å². The van der Waals surface area contributed by atoms with Crippen LogP contribution in [0.15, 0.2) is 28.2 Å². The molecule has 0 bridgehead atoms. The van der Waals surface area contributed by atoms with Gasteiger partial charge in [-0.25, -0.2) is 9.78 Å². The van der Waals surface area contributed by atoms with Gasteiger partial charge in [-0.05, 0) is 39.0 Å². The van der Waals surface area contributed by atoms with Gasteiger partial charge in [0, 0.05) is 24.2 Å². The fourth-order valence-corrected chi connectivity index (χ4v) is 4.07. The molecular weight excluding hydrogens is 376 g/mol. The Kier molecular flexibility index (Phi) is 5.24. The largest absolute Gasteiger partial charge is 0.336 e. The highest BCUT2D eigenvalue weighted by atomic mass is 35.5. The minimum Gasteiger partial charge on any atom is -0.336 e. The summed E-state index contributed by atoms with van der Waals surface area (Å²) < 4.78 is 1.56. The van der Waals surface area contributed by atoms with E-state index in [-0.39, 0.29) is 23.5 Å². The first-order valence-corrected chi connectivity index (χ1v) is 9.53. The molecular formula is C17H19ClN4O3S. The van der Waals surface area contributed by atoms with Crippen molar-refractivity contribution in [3.8, 4) is 0 Å². The summed E-state index contributed by atoms with van der Waals surface area (Å²) in [6.45, 7) is 6.27. The predicted octanol–water partition coefficient (Wildman–Crippen LogP) is 2.66. The molecule has 1 N–H and O–H groups in total. The molecule has 2 heterocycles. The van der Waals surface area contributed by atoms with Gasteiger partial charge in [0.15, 0.2) is 5.16 Å². The van der Waals surface area contributed by atoms with Crippen molar-refractivity contribution in [3.63, 3.8) is 0 Å². The van der Waals surface area contributed by atoms with E-state index in [1.807, 2.05) is 13.8 Å². The average molecular weight is 395 g/mol. The number of halogens is 1. The van der Waals surface area contributed by atoms with Gasteiger partial charge >= 0.3 is 6.03 Å². The minimum atomic E-state index is -0.563. The van der Waals surface area contributed by atoms with Crippen molar-refractivity contribution in [2.75, 3.05) is 13.1 Å². The third-order valence-electron chi connectivity index (χ3n) is 4.10. The van der Waals surface area contributed by atoms with Gasteiger partial charge in [-0.1, -0.05) is 23.4 Å². The molecule has 1 aromatic heterocycles. The van der Waals surface area contributed by atoms with Crippen LogP contribution in [0, 0.1) is 0 Å². The van der Waals surface area contributed by atoms with E-state index in [9.17, 15) is 14.4 Å². The van der Waals surface area contributed by atoms with E-state index in [0.717, 1.165) is 0 Å². The first-order valence-electron chi connectivity index (χ1n) is 8.27. The Morgan fingerprint density at radius 3 is 2.65 bits per heavy atom. The number of thioether (sulfide) groups is 1. The quantitative estimate of drug-likeness (QED) is 0.636. The van der Waals surface area contributed by atoms with Crippen LogP contribution in [0.4, 0.5) is 4.79 Å². The molecule has 1 saturated heterocycles. The first-order chi connectivity index (χ1) is 12.3. The number of carbonyl (C=O) groups excluding carboxylic acids is 2. The molecule has 0 radical (unpaired) electrons. The maximum absolute atomic E-state index is 12.9. The third-order valence-corrected chi connectivity index (χ3v) is 5.39. The highest BCUT2D eigenvalue weighted by molar-refractivity contribution is 8.00. The maximum atomic E-state index is 12.9. The number of urea groups is 1. The van der Waals surface area contributed by atoms with Crippen LogP contribution in [0.1, 0.15) is 26.8 Å². The maximum Gasteiger partial charge on any atom is 0.324 e. The van der Waals surface area contributed by atoms with Crippen LogP contribution >= 0.6 is 23.4 Å². The summed E-state index contributed by atoms with van der Waals surface area (Å²) in [5, 5.41) is 3.44. The number of fused-ring (bicyclic) bond motifs is 1. The Labute approximate surface area is 159 Å². The van der Waals surface area contributed by atoms with E-state index in [1.54, 1.807) is 29.7 Å². The number of hydrogen-bond acceptors (Lipinski definition) is 5. The van der Waals surface area contributed by atoms with Crippen LogP contribution in [0.5, 0.6) is 0 Å². The number of hydrogen-bond donors (Lipinski definition) is 1. The van der Waals surface area contributed by atoms with E-state index < -0.39 is 5.25 Å². The summed E-state index contributed by atoms with van der Waals surface area (Å²) in [7, 11) is 0. The van der Waals surface area contributed by atoms with Crippen molar-refractivity contribution < 1.29 is 9.59 Å². The van der Waals surface area contributed by atoms with Gasteiger partial charge in [0.25, 0.3) is 5.56 Å². The lowest BCUT2D eigenvalue weighted by molar-refractivity contribution is -0.126. The van der Waals surface area contributed by atoms with E-state index in [0.29, 0.717) is 34.2 Å². The molecule has 3 rings (SSSR count). The monoisotopic (exact) mass is 394 g/mol. The van der Waals surface area contributed by atoms with Gasteiger partial charge in [-0.3, -0.25) is 19.1 Å². The second-order valence-corrected chi connectivity index (χ2v) is 8.05. The molecule has 26 heavy (non-hydrogen) atoms. The molecule has 7 nitrogen and oxygen atoms in total. The normalized spacial score (nSPS) is 15.6. The van der Waals surface area contributed by atoms with E-state index in [4.69, 9.17) is 11.6 Å². The van der Waals surface area contributed by atoms with Crippen molar-refractivity contribution in [2.24, 2.45) is 0 Å². The van der Waals surface area contributed by atoms with E-state index in [2.05, 4.69) is 10.3 Å². The Hall–Kier alpha value is -2.06. The molecule has 138 valence electrons. The SMILES string of the molecule is CC(C)n1c(S[C@@H](C)C(=O)N2CCNC2=O)nc2cc(Cl)ccc2c1=O. The molecule has 1 atom stereocenters. The lowest BCUT2D eigenvalue weighted by atomic mass is 10.2. The number of amides is 3. The topological polar surface area (TPSA) is 84.3 Å². The lowest BCUT2D eigenvalue weighted by Gasteiger charge is -2.20. The second-order valence-electron chi connectivity index (χ2n) is 6.31. The molecule has 0 spiro atoms. The molecule has 1 aliphatic rings. The Morgan fingerprint density at radius 2 is 2.04 bits per heavy atom. The average Bonchev–Trinajstić information content (AvgIpc) is 2.99. The van der Waals surface area contributed by atoms with Crippen LogP contribution in [-0.4, -0.2) is 44.7 Å². The Balaban J connectivity index is 2.00. The highest BCUT2D eigenvalue weighted by Crippen LogP contribution is 2.27. The van der Waals surface area contributed by atoms with E-state index in [1.165, 1.54) is 16.7 Å². The molecule has 3 amide bonds. The van der Waals surface area contributed by atoms with Crippen LogP contribution in [0.2, 0.25) is 5.02 Å². The molecule has 2 aromatic rings. The fourth-order valence-electron chi connectivity index (χ4n) is 2.80. The van der Waals surface area contributed by atoms with Crippen molar-refractivity contribution in [3.05, 3.63) is 33.6 Å². The number of benzene rings is 1. The lowest BCUT2D eigenvalue weighted by Crippen LogP contribution is -2.39. The molecule has 1 fully saturated rings. The minimum absolute atomic E-state index is 0.130.